The molecule has 0 aliphatic heterocycles. The average molecular weight is 253 g/mol. The maximum atomic E-state index is 12.0. The summed E-state index contributed by atoms with van der Waals surface area (Å²) >= 11 is 0. The lowest BCUT2D eigenvalue weighted by Gasteiger charge is -2.34. The quantitative estimate of drug-likeness (QED) is 0.812. The van der Waals surface area contributed by atoms with Gasteiger partial charge in [0.2, 0.25) is 5.91 Å². The molecule has 2 rings (SSSR count). The fraction of sp³-hybridized carbons (Fsp3) is 0.933. The molecule has 0 aromatic carbocycles. The lowest BCUT2D eigenvalue weighted by atomic mass is 9.73. The van der Waals surface area contributed by atoms with Crippen LogP contribution in [-0.2, 0) is 4.79 Å². The van der Waals surface area contributed by atoms with E-state index in [9.17, 15) is 9.90 Å². The SMILES string of the molecule is CC1(C)CCC(CNC(=O)C2CCCC2O)CC1. The van der Waals surface area contributed by atoms with Gasteiger partial charge in [-0.1, -0.05) is 13.8 Å². The molecule has 1 amide bonds. The van der Waals surface area contributed by atoms with Crippen molar-refractivity contribution < 1.29 is 9.90 Å². The summed E-state index contributed by atoms with van der Waals surface area (Å²) < 4.78 is 0. The average Bonchev–Trinajstić information content (AvgIpc) is 2.74. The predicted molar refractivity (Wildman–Crippen MR) is 72.1 cm³/mol. The van der Waals surface area contributed by atoms with Crippen molar-refractivity contribution in [2.24, 2.45) is 17.3 Å². The molecule has 0 radical (unpaired) electrons. The molecule has 0 aromatic heterocycles. The van der Waals surface area contributed by atoms with Gasteiger partial charge in [0.25, 0.3) is 0 Å². The smallest absolute Gasteiger partial charge is 0.225 e. The molecule has 2 fully saturated rings. The summed E-state index contributed by atoms with van der Waals surface area (Å²) in [5.74, 6) is 0.565. The van der Waals surface area contributed by atoms with Crippen molar-refractivity contribution in [3.8, 4) is 0 Å². The summed E-state index contributed by atoms with van der Waals surface area (Å²) in [6.07, 6.45) is 7.19. The normalized spacial score (nSPS) is 32.4. The van der Waals surface area contributed by atoms with E-state index in [1.54, 1.807) is 0 Å². The Bertz CT molecular complexity index is 291. The predicted octanol–water partition coefficient (Wildman–Crippen LogP) is 2.48. The van der Waals surface area contributed by atoms with Crippen LogP contribution in [0.5, 0.6) is 0 Å². The molecule has 104 valence electrons. The van der Waals surface area contributed by atoms with Crippen molar-refractivity contribution in [1.29, 1.82) is 0 Å². The Morgan fingerprint density at radius 2 is 1.89 bits per heavy atom. The second-order valence-electron chi connectivity index (χ2n) is 6.96. The van der Waals surface area contributed by atoms with Gasteiger partial charge in [-0.2, -0.15) is 0 Å². The maximum absolute atomic E-state index is 12.0. The van der Waals surface area contributed by atoms with Gasteiger partial charge in [0.1, 0.15) is 0 Å². The minimum atomic E-state index is -0.407. The molecule has 0 bridgehead atoms. The Kier molecular flexibility index (Phi) is 4.31. The highest BCUT2D eigenvalue weighted by molar-refractivity contribution is 5.79. The van der Waals surface area contributed by atoms with Crippen LogP contribution in [0.1, 0.15) is 58.8 Å². The van der Waals surface area contributed by atoms with Gasteiger partial charge in [0, 0.05) is 6.54 Å². The van der Waals surface area contributed by atoms with Crippen molar-refractivity contribution in [2.75, 3.05) is 6.54 Å². The van der Waals surface area contributed by atoms with Crippen LogP contribution in [0, 0.1) is 17.3 Å². The van der Waals surface area contributed by atoms with E-state index in [0.717, 1.165) is 25.8 Å². The maximum Gasteiger partial charge on any atom is 0.225 e. The Morgan fingerprint density at radius 3 is 2.44 bits per heavy atom. The van der Waals surface area contributed by atoms with Crippen LogP contribution in [0.3, 0.4) is 0 Å². The van der Waals surface area contributed by atoms with E-state index < -0.39 is 6.10 Å². The largest absolute Gasteiger partial charge is 0.392 e. The zero-order valence-electron chi connectivity index (χ0n) is 11.7. The standard InChI is InChI=1S/C15H27NO2/c1-15(2)8-6-11(7-9-15)10-16-14(18)12-4-3-5-13(12)17/h11-13,17H,3-10H2,1-2H3,(H,16,18). The van der Waals surface area contributed by atoms with Crippen molar-refractivity contribution in [3.05, 3.63) is 0 Å². The summed E-state index contributed by atoms with van der Waals surface area (Å²) in [7, 11) is 0. The van der Waals surface area contributed by atoms with E-state index in [4.69, 9.17) is 0 Å². The Balaban J connectivity index is 1.70. The van der Waals surface area contributed by atoms with Gasteiger partial charge in [-0.3, -0.25) is 4.79 Å². The first-order chi connectivity index (χ1) is 8.48. The van der Waals surface area contributed by atoms with Crippen LogP contribution < -0.4 is 5.32 Å². The molecule has 2 atom stereocenters. The number of carbonyl (C=O) groups excluding carboxylic acids is 1. The summed E-state index contributed by atoms with van der Waals surface area (Å²) in [6.45, 7) is 5.46. The molecule has 2 saturated carbocycles. The van der Waals surface area contributed by atoms with E-state index in [1.807, 2.05) is 0 Å². The van der Waals surface area contributed by atoms with Gasteiger partial charge < -0.3 is 10.4 Å². The van der Waals surface area contributed by atoms with E-state index in [-0.39, 0.29) is 11.8 Å². The zero-order valence-corrected chi connectivity index (χ0v) is 11.7. The van der Waals surface area contributed by atoms with E-state index in [2.05, 4.69) is 19.2 Å². The first kappa shape index (κ1) is 13.9. The van der Waals surface area contributed by atoms with Crippen LogP contribution in [0.2, 0.25) is 0 Å². The van der Waals surface area contributed by atoms with Crippen LogP contribution in [0.25, 0.3) is 0 Å². The van der Waals surface area contributed by atoms with Crippen LogP contribution in [-0.4, -0.2) is 23.7 Å². The van der Waals surface area contributed by atoms with Crippen LogP contribution in [0.15, 0.2) is 0 Å². The minimum absolute atomic E-state index is 0.0739. The molecule has 18 heavy (non-hydrogen) atoms. The van der Waals surface area contributed by atoms with Gasteiger partial charge in [-0.25, -0.2) is 0 Å². The topological polar surface area (TPSA) is 49.3 Å². The number of hydrogen-bond donors (Lipinski definition) is 2. The molecule has 2 unspecified atom stereocenters. The highest BCUT2D eigenvalue weighted by Crippen LogP contribution is 2.37. The number of amides is 1. The lowest BCUT2D eigenvalue weighted by molar-refractivity contribution is -0.127. The lowest BCUT2D eigenvalue weighted by Crippen LogP contribution is -2.38. The molecule has 0 saturated heterocycles. The molecular weight excluding hydrogens is 226 g/mol. The first-order valence-corrected chi connectivity index (χ1v) is 7.44. The monoisotopic (exact) mass is 253 g/mol. The molecule has 2 aliphatic carbocycles. The Labute approximate surface area is 110 Å². The molecule has 0 heterocycles. The summed E-state index contributed by atoms with van der Waals surface area (Å²) in [6, 6.07) is 0. The number of rotatable bonds is 3. The molecule has 0 spiro atoms. The number of carbonyl (C=O) groups is 1. The van der Waals surface area contributed by atoms with E-state index >= 15 is 0 Å². The fourth-order valence-electron chi connectivity index (χ4n) is 3.29. The summed E-state index contributed by atoms with van der Waals surface area (Å²) in [5, 5.41) is 12.8. The first-order valence-electron chi connectivity index (χ1n) is 7.44. The van der Waals surface area contributed by atoms with Crippen molar-refractivity contribution in [2.45, 2.75) is 64.9 Å². The van der Waals surface area contributed by atoms with Gasteiger partial charge in [-0.15, -0.1) is 0 Å². The van der Waals surface area contributed by atoms with Gasteiger partial charge in [0.05, 0.1) is 12.0 Å². The second-order valence-corrected chi connectivity index (χ2v) is 6.96. The molecule has 3 heteroatoms. The number of nitrogens with one attached hydrogen (secondary N) is 1. The second kappa shape index (κ2) is 5.60. The van der Waals surface area contributed by atoms with Crippen molar-refractivity contribution >= 4 is 5.91 Å². The third-order valence-electron chi connectivity index (χ3n) is 4.84. The third-order valence-corrected chi connectivity index (χ3v) is 4.84. The molecule has 2 aliphatic rings. The van der Waals surface area contributed by atoms with Crippen molar-refractivity contribution in [1.82, 2.24) is 5.32 Å². The van der Waals surface area contributed by atoms with E-state index in [1.165, 1.54) is 25.7 Å². The van der Waals surface area contributed by atoms with Crippen LogP contribution >= 0.6 is 0 Å². The van der Waals surface area contributed by atoms with Crippen molar-refractivity contribution in [3.63, 3.8) is 0 Å². The summed E-state index contributed by atoms with van der Waals surface area (Å²) in [5.41, 5.74) is 0.488. The Hall–Kier alpha value is -0.570. The minimum Gasteiger partial charge on any atom is -0.392 e. The third kappa shape index (κ3) is 3.47. The molecule has 0 aromatic rings. The zero-order chi connectivity index (χ0) is 13.2. The van der Waals surface area contributed by atoms with E-state index in [0.29, 0.717) is 11.3 Å². The summed E-state index contributed by atoms with van der Waals surface area (Å²) in [4.78, 5) is 12.0. The highest BCUT2D eigenvalue weighted by atomic mass is 16.3. The van der Waals surface area contributed by atoms with Gasteiger partial charge >= 0.3 is 0 Å². The molecule has 2 N–H and O–H groups in total. The number of aliphatic hydroxyl groups is 1. The van der Waals surface area contributed by atoms with Gasteiger partial charge in [0.15, 0.2) is 0 Å². The number of aliphatic hydroxyl groups excluding tert-OH is 1. The molecular formula is C15H27NO2. The fourth-order valence-corrected chi connectivity index (χ4v) is 3.29. The Morgan fingerprint density at radius 1 is 1.22 bits per heavy atom. The number of hydrogen-bond acceptors (Lipinski definition) is 2. The van der Waals surface area contributed by atoms with Crippen LogP contribution in [0.4, 0.5) is 0 Å². The van der Waals surface area contributed by atoms with Gasteiger partial charge in [-0.05, 0) is 56.3 Å². The molecule has 3 nitrogen and oxygen atoms in total. The highest BCUT2D eigenvalue weighted by Gasteiger charge is 2.32.